The van der Waals surface area contributed by atoms with Crippen molar-refractivity contribution in [3.63, 3.8) is 0 Å². The molecule has 0 aliphatic heterocycles. The van der Waals surface area contributed by atoms with E-state index in [9.17, 15) is 18.4 Å². The lowest BCUT2D eigenvalue weighted by molar-refractivity contribution is -0.119. The maximum atomic E-state index is 12.2. The van der Waals surface area contributed by atoms with Gasteiger partial charge in [-0.3, -0.25) is 4.79 Å². The van der Waals surface area contributed by atoms with Crippen molar-refractivity contribution < 1.29 is 32.6 Å². The fraction of sp³-hybridized carbons (Fsp3) is 0.176. The van der Waals surface area contributed by atoms with Crippen molar-refractivity contribution in [2.75, 3.05) is 24.8 Å². The molecule has 0 unspecified atom stereocenters. The van der Waals surface area contributed by atoms with Gasteiger partial charge in [0.05, 0.1) is 22.8 Å². The Balaban J connectivity index is 1.98. The van der Waals surface area contributed by atoms with Gasteiger partial charge in [-0.05, 0) is 24.3 Å². The molecule has 3 N–H and O–H groups in total. The fourth-order valence-electron chi connectivity index (χ4n) is 2.07. The summed E-state index contributed by atoms with van der Waals surface area (Å²) in [6.07, 6.45) is 0. The van der Waals surface area contributed by atoms with E-state index in [0.29, 0.717) is 0 Å². The molecule has 2 rings (SSSR count). The number of ether oxygens (including phenoxy) is 3. The van der Waals surface area contributed by atoms with Crippen LogP contribution in [-0.2, 0) is 9.53 Å². The number of nitrogens with two attached hydrogens (primary N) is 1. The molecule has 0 saturated heterocycles. The summed E-state index contributed by atoms with van der Waals surface area (Å²) in [5.74, 6) is -1.65. The van der Waals surface area contributed by atoms with Gasteiger partial charge in [-0.25, -0.2) is 4.79 Å². The minimum absolute atomic E-state index is 0.00829. The monoisotopic (exact) mass is 434 g/mol. The van der Waals surface area contributed by atoms with Gasteiger partial charge in [0.2, 0.25) is 0 Å². The largest absolute Gasteiger partial charge is 0.496 e. The molecule has 0 aliphatic rings. The number of methoxy groups -OCH3 is 1. The van der Waals surface area contributed by atoms with Crippen molar-refractivity contribution in [3.8, 4) is 11.5 Å². The molecule has 2 aromatic carbocycles. The zero-order valence-electron chi connectivity index (χ0n) is 14.3. The zero-order valence-corrected chi connectivity index (χ0v) is 15.8. The van der Waals surface area contributed by atoms with E-state index in [1.807, 2.05) is 0 Å². The Morgan fingerprint density at radius 1 is 1.14 bits per heavy atom. The van der Waals surface area contributed by atoms with E-state index >= 15 is 0 Å². The van der Waals surface area contributed by atoms with Crippen LogP contribution in [0.1, 0.15) is 10.4 Å². The molecule has 0 fully saturated rings. The Kier molecular flexibility index (Phi) is 7.24. The van der Waals surface area contributed by atoms with E-state index in [4.69, 9.17) is 38.4 Å². The van der Waals surface area contributed by atoms with Gasteiger partial charge in [-0.1, -0.05) is 23.2 Å². The van der Waals surface area contributed by atoms with E-state index in [1.165, 1.54) is 31.4 Å². The molecule has 7 nitrogen and oxygen atoms in total. The summed E-state index contributed by atoms with van der Waals surface area (Å²) in [6, 6.07) is 6.28. The lowest BCUT2D eigenvalue weighted by atomic mass is 10.2. The number of hydrogen-bond acceptors (Lipinski definition) is 6. The summed E-state index contributed by atoms with van der Waals surface area (Å²) < 4.78 is 38.6. The molecule has 0 atom stereocenters. The number of hydrogen-bond donors (Lipinski definition) is 2. The quantitative estimate of drug-likeness (QED) is 0.504. The minimum atomic E-state index is -3.03. The Morgan fingerprint density at radius 3 is 2.46 bits per heavy atom. The van der Waals surface area contributed by atoms with Gasteiger partial charge in [0.15, 0.2) is 6.61 Å². The SMILES string of the molecule is COc1cc(N)c(Cl)cc1C(=O)OCC(=O)Nc1ccc(OC(F)F)c(Cl)c1. The smallest absolute Gasteiger partial charge is 0.387 e. The number of nitrogen functional groups attached to an aromatic ring is 1. The number of halogens is 4. The van der Waals surface area contributed by atoms with Gasteiger partial charge in [-0.2, -0.15) is 8.78 Å². The number of anilines is 2. The number of nitrogens with one attached hydrogen (secondary N) is 1. The van der Waals surface area contributed by atoms with Gasteiger partial charge in [0, 0.05) is 11.8 Å². The Labute approximate surface area is 168 Å². The van der Waals surface area contributed by atoms with Crippen molar-refractivity contribution in [2.24, 2.45) is 0 Å². The second-order valence-electron chi connectivity index (χ2n) is 5.22. The standard InChI is InChI=1S/C17H14Cl2F2N2O5/c1-26-14-6-12(22)10(18)5-9(14)16(25)27-7-15(24)23-8-2-3-13(11(19)4-8)28-17(20)21/h2-6,17H,7,22H2,1H3,(H,23,24). The highest BCUT2D eigenvalue weighted by molar-refractivity contribution is 6.33. The maximum Gasteiger partial charge on any atom is 0.387 e. The zero-order chi connectivity index (χ0) is 20.8. The Morgan fingerprint density at radius 2 is 1.86 bits per heavy atom. The van der Waals surface area contributed by atoms with Crippen LogP contribution in [0.4, 0.5) is 20.2 Å². The first-order valence-corrected chi connectivity index (χ1v) is 8.31. The van der Waals surface area contributed by atoms with Crippen LogP contribution in [0.15, 0.2) is 30.3 Å². The van der Waals surface area contributed by atoms with Crippen LogP contribution in [0.3, 0.4) is 0 Å². The van der Waals surface area contributed by atoms with Crippen LogP contribution in [0.2, 0.25) is 10.0 Å². The summed E-state index contributed by atoms with van der Waals surface area (Å²) in [5, 5.41) is 2.39. The van der Waals surface area contributed by atoms with E-state index in [-0.39, 0.29) is 38.5 Å². The van der Waals surface area contributed by atoms with Crippen LogP contribution in [0, 0.1) is 0 Å². The second kappa shape index (κ2) is 9.43. The first-order valence-electron chi connectivity index (χ1n) is 7.55. The number of carbonyl (C=O) groups is 2. The number of alkyl halides is 2. The first-order chi connectivity index (χ1) is 13.2. The van der Waals surface area contributed by atoms with Gasteiger partial charge in [-0.15, -0.1) is 0 Å². The molecular formula is C17H14Cl2F2N2O5. The van der Waals surface area contributed by atoms with Crippen LogP contribution in [-0.4, -0.2) is 32.2 Å². The maximum absolute atomic E-state index is 12.2. The number of esters is 1. The van der Waals surface area contributed by atoms with Crippen LogP contribution < -0.4 is 20.5 Å². The van der Waals surface area contributed by atoms with E-state index in [2.05, 4.69) is 10.1 Å². The summed E-state index contributed by atoms with van der Waals surface area (Å²) >= 11 is 11.7. The minimum Gasteiger partial charge on any atom is -0.496 e. The molecular weight excluding hydrogens is 421 g/mol. The normalized spacial score (nSPS) is 10.5. The molecule has 0 saturated carbocycles. The number of carbonyl (C=O) groups excluding carboxylic acids is 2. The van der Waals surface area contributed by atoms with Crippen molar-refractivity contribution in [2.45, 2.75) is 6.61 Å². The van der Waals surface area contributed by atoms with Crippen molar-refractivity contribution in [1.29, 1.82) is 0 Å². The van der Waals surface area contributed by atoms with E-state index in [1.54, 1.807) is 0 Å². The first kappa shape index (κ1) is 21.5. The van der Waals surface area contributed by atoms with E-state index in [0.717, 1.165) is 6.07 Å². The van der Waals surface area contributed by atoms with Crippen molar-refractivity contribution in [3.05, 3.63) is 45.9 Å². The van der Waals surface area contributed by atoms with Gasteiger partial charge >= 0.3 is 12.6 Å². The summed E-state index contributed by atoms with van der Waals surface area (Å²) in [7, 11) is 1.33. The predicted octanol–water partition coefficient (Wildman–Crippen LogP) is 3.98. The molecule has 0 aliphatic carbocycles. The third-order valence-corrected chi connectivity index (χ3v) is 3.93. The Bertz CT molecular complexity index is 896. The molecule has 11 heteroatoms. The number of amides is 1. The summed E-state index contributed by atoms with van der Waals surface area (Å²) in [4.78, 5) is 24.1. The lowest BCUT2D eigenvalue weighted by Gasteiger charge is -2.11. The molecule has 1 amide bonds. The van der Waals surface area contributed by atoms with Gasteiger partial charge in [0.1, 0.15) is 17.1 Å². The highest BCUT2D eigenvalue weighted by atomic mass is 35.5. The highest BCUT2D eigenvalue weighted by Crippen LogP contribution is 2.30. The number of rotatable bonds is 7. The highest BCUT2D eigenvalue weighted by Gasteiger charge is 2.18. The number of benzene rings is 2. The summed E-state index contributed by atoms with van der Waals surface area (Å²) in [6.45, 7) is -3.66. The topological polar surface area (TPSA) is 99.9 Å². The van der Waals surface area contributed by atoms with E-state index < -0.39 is 25.1 Å². The second-order valence-corrected chi connectivity index (χ2v) is 6.04. The summed E-state index contributed by atoms with van der Waals surface area (Å²) in [5.41, 5.74) is 6.03. The molecule has 28 heavy (non-hydrogen) atoms. The molecule has 0 radical (unpaired) electrons. The molecule has 0 heterocycles. The van der Waals surface area contributed by atoms with Crippen LogP contribution in [0.5, 0.6) is 11.5 Å². The van der Waals surface area contributed by atoms with Crippen molar-refractivity contribution in [1.82, 2.24) is 0 Å². The van der Waals surface area contributed by atoms with Gasteiger partial charge < -0.3 is 25.3 Å². The fourth-order valence-corrected chi connectivity index (χ4v) is 2.46. The third-order valence-electron chi connectivity index (χ3n) is 3.30. The molecule has 2 aromatic rings. The average Bonchev–Trinajstić information content (AvgIpc) is 2.63. The lowest BCUT2D eigenvalue weighted by Crippen LogP contribution is -2.21. The Hall–Kier alpha value is -2.78. The van der Waals surface area contributed by atoms with Crippen LogP contribution in [0.25, 0.3) is 0 Å². The average molecular weight is 435 g/mol. The predicted molar refractivity (Wildman–Crippen MR) is 99.4 cm³/mol. The third kappa shape index (κ3) is 5.61. The molecule has 0 spiro atoms. The van der Waals surface area contributed by atoms with Crippen LogP contribution >= 0.6 is 23.2 Å². The molecule has 0 aromatic heterocycles. The molecule has 0 bridgehead atoms. The van der Waals surface area contributed by atoms with Crippen molar-refractivity contribution >= 4 is 46.5 Å². The molecule has 150 valence electrons. The van der Waals surface area contributed by atoms with Gasteiger partial charge in [0.25, 0.3) is 5.91 Å².